The lowest BCUT2D eigenvalue weighted by Crippen LogP contribution is -2.14. The molecule has 0 amide bonds. The minimum absolute atomic E-state index is 0.0391. The summed E-state index contributed by atoms with van der Waals surface area (Å²) in [6.45, 7) is 0. The van der Waals surface area contributed by atoms with Gasteiger partial charge in [-0.1, -0.05) is 6.07 Å². The fraction of sp³-hybridized carbons (Fsp3) is 0.286. The maximum atomic E-state index is 13.6. The zero-order valence-corrected chi connectivity index (χ0v) is 11.6. The van der Waals surface area contributed by atoms with E-state index in [1.165, 1.54) is 12.1 Å². The number of halogens is 5. The van der Waals surface area contributed by atoms with E-state index in [1.54, 1.807) is 0 Å². The quantitative estimate of drug-likeness (QED) is 0.829. The van der Waals surface area contributed by atoms with Crippen LogP contribution in [0.1, 0.15) is 18.5 Å². The number of hydrogen-bond acceptors (Lipinski definition) is 4. The molecule has 3 rings (SSSR count). The molecular formula is C14H11F5N4. The summed E-state index contributed by atoms with van der Waals surface area (Å²) in [5.41, 5.74) is -1.48. The molecule has 0 radical (unpaired) electrons. The predicted octanol–water partition coefficient (Wildman–Crippen LogP) is 4.09. The van der Waals surface area contributed by atoms with Gasteiger partial charge in [0, 0.05) is 12.1 Å². The van der Waals surface area contributed by atoms with Crippen molar-refractivity contribution in [1.82, 2.24) is 9.97 Å². The van der Waals surface area contributed by atoms with Crippen LogP contribution in [0, 0.1) is 11.6 Å². The van der Waals surface area contributed by atoms with Gasteiger partial charge in [0.1, 0.15) is 5.82 Å². The van der Waals surface area contributed by atoms with Gasteiger partial charge in [-0.3, -0.25) is 0 Å². The van der Waals surface area contributed by atoms with Crippen molar-refractivity contribution in [3.8, 4) is 0 Å². The van der Waals surface area contributed by atoms with E-state index in [0.717, 1.165) is 18.9 Å². The average Bonchev–Trinajstić information content (AvgIpc) is 3.27. The van der Waals surface area contributed by atoms with Crippen LogP contribution in [-0.4, -0.2) is 16.0 Å². The molecule has 1 aromatic heterocycles. The Labute approximate surface area is 127 Å². The van der Waals surface area contributed by atoms with Crippen LogP contribution in [0.2, 0.25) is 0 Å². The van der Waals surface area contributed by atoms with Crippen LogP contribution in [0.25, 0.3) is 0 Å². The maximum Gasteiger partial charge on any atom is 0.433 e. The van der Waals surface area contributed by atoms with E-state index in [1.807, 2.05) is 0 Å². The molecule has 1 aliphatic rings. The van der Waals surface area contributed by atoms with Crippen molar-refractivity contribution in [2.75, 3.05) is 10.6 Å². The lowest BCUT2D eigenvalue weighted by Gasteiger charge is -2.13. The molecule has 23 heavy (non-hydrogen) atoms. The molecule has 1 fully saturated rings. The number of nitrogens with one attached hydrogen (secondary N) is 2. The molecule has 1 heterocycles. The fourth-order valence-corrected chi connectivity index (χ4v) is 1.87. The minimum Gasteiger partial charge on any atom is -0.351 e. The number of nitrogens with zero attached hydrogens (tertiary/aromatic N) is 2. The predicted molar refractivity (Wildman–Crippen MR) is 73.3 cm³/mol. The Morgan fingerprint density at radius 1 is 1.09 bits per heavy atom. The third kappa shape index (κ3) is 3.66. The van der Waals surface area contributed by atoms with Gasteiger partial charge in [0.2, 0.25) is 5.95 Å². The molecule has 2 N–H and O–H groups in total. The molecule has 122 valence electrons. The second-order valence-electron chi connectivity index (χ2n) is 5.10. The van der Waals surface area contributed by atoms with Gasteiger partial charge in [-0.2, -0.15) is 18.2 Å². The number of hydrogen-bond donors (Lipinski definition) is 2. The van der Waals surface area contributed by atoms with Crippen molar-refractivity contribution in [3.05, 3.63) is 41.6 Å². The van der Waals surface area contributed by atoms with Crippen LogP contribution in [0.4, 0.5) is 39.4 Å². The number of rotatable bonds is 4. The van der Waals surface area contributed by atoms with Gasteiger partial charge in [0.15, 0.2) is 17.3 Å². The smallest absolute Gasteiger partial charge is 0.351 e. The Kier molecular flexibility index (Phi) is 3.78. The monoisotopic (exact) mass is 330 g/mol. The summed E-state index contributed by atoms with van der Waals surface area (Å²) < 4.78 is 65.5. The third-order valence-corrected chi connectivity index (χ3v) is 3.14. The van der Waals surface area contributed by atoms with Crippen molar-refractivity contribution >= 4 is 17.5 Å². The van der Waals surface area contributed by atoms with E-state index in [0.29, 0.717) is 6.07 Å². The second-order valence-corrected chi connectivity index (χ2v) is 5.10. The molecule has 0 atom stereocenters. The fourth-order valence-electron chi connectivity index (χ4n) is 1.87. The Morgan fingerprint density at radius 3 is 2.48 bits per heavy atom. The summed E-state index contributed by atoms with van der Waals surface area (Å²) in [6.07, 6.45) is -3.04. The van der Waals surface area contributed by atoms with Crippen molar-refractivity contribution < 1.29 is 22.0 Å². The van der Waals surface area contributed by atoms with Crippen LogP contribution in [0.15, 0.2) is 24.3 Å². The van der Waals surface area contributed by atoms with Crippen molar-refractivity contribution in [2.45, 2.75) is 25.1 Å². The van der Waals surface area contributed by atoms with E-state index >= 15 is 0 Å². The molecule has 1 aliphatic carbocycles. The normalized spacial score (nSPS) is 14.7. The summed E-state index contributed by atoms with van der Waals surface area (Å²) in [5.74, 6) is -2.80. The molecule has 1 aromatic carbocycles. The van der Waals surface area contributed by atoms with Gasteiger partial charge in [0.25, 0.3) is 0 Å². The van der Waals surface area contributed by atoms with E-state index < -0.39 is 23.5 Å². The van der Waals surface area contributed by atoms with Gasteiger partial charge >= 0.3 is 6.18 Å². The SMILES string of the molecule is Fc1cccc(Nc2cc(C(F)(F)F)nc(NC3CC3)n2)c1F. The molecule has 4 nitrogen and oxygen atoms in total. The van der Waals surface area contributed by atoms with Crippen LogP contribution in [0.5, 0.6) is 0 Å². The topological polar surface area (TPSA) is 49.8 Å². The maximum absolute atomic E-state index is 13.6. The molecule has 0 spiro atoms. The van der Waals surface area contributed by atoms with Crippen LogP contribution in [0.3, 0.4) is 0 Å². The summed E-state index contributed by atoms with van der Waals surface area (Å²) in [7, 11) is 0. The molecule has 0 bridgehead atoms. The zero-order chi connectivity index (χ0) is 16.6. The molecule has 0 unspecified atom stereocenters. The number of alkyl halides is 3. The van der Waals surface area contributed by atoms with Crippen molar-refractivity contribution in [1.29, 1.82) is 0 Å². The first-order valence-electron chi connectivity index (χ1n) is 6.77. The summed E-state index contributed by atoms with van der Waals surface area (Å²) in [5, 5.41) is 5.10. The molecule has 2 aromatic rings. The molecule has 0 aliphatic heterocycles. The van der Waals surface area contributed by atoms with Gasteiger partial charge in [-0.25, -0.2) is 13.8 Å². The summed E-state index contributed by atoms with van der Waals surface area (Å²) in [4.78, 5) is 7.28. The lowest BCUT2D eigenvalue weighted by atomic mass is 10.3. The van der Waals surface area contributed by atoms with Crippen LogP contribution >= 0.6 is 0 Å². The Balaban J connectivity index is 1.95. The van der Waals surface area contributed by atoms with Gasteiger partial charge in [0.05, 0.1) is 5.69 Å². The Morgan fingerprint density at radius 2 is 1.83 bits per heavy atom. The highest BCUT2D eigenvalue weighted by atomic mass is 19.4. The molecule has 9 heteroatoms. The molecular weight excluding hydrogens is 319 g/mol. The Bertz CT molecular complexity index is 728. The van der Waals surface area contributed by atoms with E-state index in [9.17, 15) is 22.0 Å². The van der Waals surface area contributed by atoms with Crippen molar-refractivity contribution in [2.24, 2.45) is 0 Å². The second kappa shape index (κ2) is 5.64. The first-order valence-corrected chi connectivity index (χ1v) is 6.77. The van der Waals surface area contributed by atoms with Gasteiger partial charge < -0.3 is 10.6 Å². The average molecular weight is 330 g/mol. The van der Waals surface area contributed by atoms with Gasteiger partial charge in [-0.05, 0) is 25.0 Å². The minimum atomic E-state index is -4.68. The lowest BCUT2D eigenvalue weighted by molar-refractivity contribution is -0.141. The van der Waals surface area contributed by atoms with Crippen LogP contribution in [-0.2, 0) is 6.18 Å². The Hall–Kier alpha value is -2.45. The number of anilines is 3. The number of aromatic nitrogens is 2. The third-order valence-electron chi connectivity index (χ3n) is 3.14. The van der Waals surface area contributed by atoms with E-state index in [2.05, 4.69) is 20.6 Å². The number of benzene rings is 1. The highest BCUT2D eigenvalue weighted by Crippen LogP contribution is 2.32. The largest absolute Gasteiger partial charge is 0.433 e. The first-order chi connectivity index (χ1) is 10.8. The van der Waals surface area contributed by atoms with Gasteiger partial charge in [-0.15, -0.1) is 0 Å². The highest BCUT2D eigenvalue weighted by Gasteiger charge is 2.34. The molecule has 1 saturated carbocycles. The molecule has 0 saturated heterocycles. The summed E-state index contributed by atoms with van der Waals surface area (Å²) in [6, 6.07) is 4.01. The highest BCUT2D eigenvalue weighted by molar-refractivity contribution is 5.58. The summed E-state index contributed by atoms with van der Waals surface area (Å²) >= 11 is 0. The van der Waals surface area contributed by atoms with E-state index in [4.69, 9.17) is 0 Å². The standard InChI is InChI=1S/C14H11F5N4/c15-8-2-1-3-9(12(8)16)21-11-6-10(14(17,18)19)22-13(23-11)20-7-4-5-7/h1-3,6-7H,4-5H2,(H2,20,21,22,23). The van der Waals surface area contributed by atoms with Crippen LogP contribution < -0.4 is 10.6 Å². The van der Waals surface area contributed by atoms with Crippen molar-refractivity contribution in [3.63, 3.8) is 0 Å². The first kappa shape index (κ1) is 15.4. The zero-order valence-electron chi connectivity index (χ0n) is 11.6. The van der Waals surface area contributed by atoms with E-state index in [-0.39, 0.29) is 23.5 Å².